The number of aryl methyl sites for hydroxylation is 1. The third kappa shape index (κ3) is 2.52. The minimum absolute atomic E-state index is 0.120. The summed E-state index contributed by atoms with van der Waals surface area (Å²) in [5.41, 5.74) is 1.73. The lowest BCUT2D eigenvalue weighted by Crippen LogP contribution is -2.15. The van der Waals surface area contributed by atoms with Crippen LogP contribution < -0.4 is 4.72 Å². The lowest BCUT2D eigenvalue weighted by Gasteiger charge is -2.07. The Labute approximate surface area is 105 Å². The lowest BCUT2D eigenvalue weighted by atomic mass is 10.2. The molecule has 0 fully saturated rings. The van der Waals surface area contributed by atoms with Gasteiger partial charge in [0.2, 0.25) is 0 Å². The second kappa shape index (κ2) is 4.79. The summed E-state index contributed by atoms with van der Waals surface area (Å²) in [4.78, 5) is 0. The Bertz CT molecular complexity index is 632. The van der Waals surface area contributed by atoms with Gasteiger partial charge in [0.25, 0.3) is 10.0 Å². The molecule has 96 valence electrons. The number of nitrogens with zero attached hydrogens (tertiary/aromatic N) is 1. The number of H-pyrrole nitrogens is 1. The van der Waals surface area contributed by atoms with Gasteiger partial charge in [-0.15, -0.1) is 0 Å². The molecule has 0 saturated carbocycles. The molecule has 0 bridgehead atoms. The molecule has 0 unspecified atom stereocenters. The van der Waals surface area contributed by atoms with Crippen LogP contribution in [0.1, 0.15) is 11.1 Å². The molecule has 0 amide bonds. The maximum absolute atomic E-state index is 12.0. The van der Waals surface area contributed by atoms with Crippen LogP contribution >= 0.6 is 0 Å². The summed E-state index contributed by atoms with van der Waals surface area (Å²) in [5.74, 6) is 0. The third-order valence-electron chi connectivity index (χ3n) is 2.42. The molecule has 2 rings (SSSR count). The zero-order valence-corrected chi connectivity index (χ0v) is 10.5. The molecule has 1 heterocycles. The van der Waals surface area contributed by atoms with E-state index in [1.165, 1.54) is 6.20 Å². The summed E-state index contributed by atoms with van der Waals surface area (Å²) >= 11 is 0. The number of nitrogens with one attached hydrogen (secondary N) is 2. The van der Waals surface area contributed by atoms with Crippen LogP contribution in [0.5, 0.6) is 0 Å². The summed E-state index contributed by atoms with van der Waals surface area (Å²) in [5, 5.41) is 14.9. The number of hydrogen-bond donors (Lipinski definition) is 3. The Hall–Kier alpha value is -1.86. The number of aliphatic hydroxyl groups excluding tert-OH is 1. The van der Waals surface area contributed by atoms with Gasteiger partial charge >= 0.3 is 0 Å². The number of aromatic nitrogens is 2. The highest BCUT2D eigenvalue weighted by atomic mass is 32.2. The van der Waals surface area contributed by atoms with Crippen LogP contribution in [0.25, 0.3) is 0 Å². The van der Waals surface area contributed by atoms with Gasteiger partial charge in [0, 0.05) is 11.3 Å². The molecule has 0 aliphatic carbocycles. The number of benzene rings is 1. The van der Waals surface area contributed by atoms with Crippen molar-refractivity contribution in [3.8, 4) is 0 Å². The standard InChI is InChI=1S/C11H13N3O3S/c1-8-2-4-10(5-3-8)14-18(16,17)11-9(7-15)6-12-13-11/h2-6,14-15H,7H2,1H3,(H,12,13). The fourth-order valence-corrected chi connectivity index (χ4v) is 2.66. The van der Waals surface area contributed by atoms with E-state index in [1.807, 2.05) is 6.92 Å². The first-order valence-corrected chi connectivity index (χ1v) is 6.74. The van der Waals surface area contributed by atoms with Crippen LogP contribution in [0.4, 0.5) is 5.69 Å². The highest BCUT2D eigenvalue weighted by Crippen LogP contribution is 2.17. The molecule has 7 heteroatoms. The molecule has 0 aliphatic rings. The highest BCUT2D eigenvalue weighted by Gasteiger charge is 2.20. The maximum atomic E-state index is 12.0. The summed E-state index contributed by atoms with van der Waals surface area (Å²) in [7, 11) is -3.75. The Morgan fingerprint density at radius 3 is 2.61 bits per heavy atom. The van der Waals surface area contributed by atoms with Gasteiger partial charge in [-0.3, -0.25) is 9.82 Å². The number of hydrogen-bond acceptors (Lipinski definition) is 4. The van der Waals surface area contributed by atoms with Crippen molar-refractivity contribution in [3.05, 3.63) is 41.6 Å². The average Bonchev–Trinajstić information content (AvgIpc) is 2.81. The van der Waals surface area contributed by atoms with E-state index in [9.17, 15) is 8.42 Å². The smallest absolute Gasteiger partial charge is 0.279 e. The summed E-state index contributed by atoms with van der Waals surface area (Å²) in [6.45, 7) is 1.53. The average molecular weight is 267 g/mol. The van der Waals surface area contributed by atoms with Crippen molar-refractivity contribution < 1.29 is 13.5 Å². The second-order valence-electron chi connectivity index (χ2n) is 3.85. The van der Waals surface area contributed by atoms with Gasteiger partial charge in [-0.05, 0) is 19.1 Å². The molecule has 0 spiro atoms. The Morgan fingerprint density at radius 1 is 1.33 bits per heavy atom. The van der Waals surface area contributed by atoms with Gasteiger partial charge in [-0.25, -0.2) is 0 Å². The zero-order valence-electron chi connectivity index (χ0n) is 9.71. The van der Waals surface area contributed by atoms with Gasteiger partial charge < -0.3 is 5.11 Å². The fraction of sp³-hybridized carbons (Fsp3) is 0.182. The molecule has 2 aromatic rings. The lowest BCUT2D eigenvalue weighted by molar-refractivity contribution is 0.278. The molecule has 18 heavy (non-hydrogen) atoms. The van der Waals surface area contributed by atoms with Crippen LogP contribution in [0.2, 0.25) is 0 Å². The van der Waals surface area contributed by atoms with E-state index in [-0.39, 0.29) is 17.2 Å². The predicted octanol–water partition coefficient (Wildman–Crippen LogP) is 1.01. The Morgan fingerprint density at radius 2 is 2.00 bits per heavy atom. The highest BCUT2D eigenvalue weighted by molar-refractivity contribution is 7.92. The minimum Gasteiger partial charge on any atom is -0.392 e. The Kier molecular flexibility index (Phi) is 3.35. The molecule has 0 saturated heterocycles. The number of aromatic amines is 1. The van der Waals surface area contributed by atoms with Gasteiger partial charge in [0.1, 0.15) is 0 Å². The van der Waals surface area contributed by atoms with Gasteiger partial charge in [0.05, 0.1) is 12.8 Å². The number of sulfonamides is 1. The number of rotatable bonds is 4. The first-order valence-electron chi connectivity index (χ1n) is 5.25. The van der Waals surface area contributed by atoms with E-state index in [4.69, 9.17) is 5.11 Å². The molecule has 6 nitrogen and oxygen atoms in total. The number of aliphatic hydroxyl groups is 1. The summed E-state index contributed by atoms with van der Waals surface area (Å²) < 4.78 is 26.5. The number of anilines is 1. The first kappa shape index (κ1) is 12.6. The zero-order chi connectivity index (χ0) is 13.2. The molecule has 0 atom stereocenters. The van der Waals surface area contributed by atoms with Crippen LogP contribution in [0.3, 0.4) is 0 Å². The van der Waals surface area contributed by atoms with Gasteiger partial charge in [0.15, 0.2) is 5.03 Å². The van der Waals surface area contributed by atoms with Gasteiger partial charge in [-0.1, -0.05) is 17.7 Å². The van der Waals surface area contributed by atoms with Crippen LogP contribution in [-0.4, -0.2) is 23.7 Å². The van der Waals surface area contributed by atoms with E-state index in [1.54, 1.807) is 24.3 Å². The molecule has 0 radical (unpaired) electrons. The van der Waals surface area contributed by atoms with Crippen LogP contribution in [-0.2, 0) is 16.6 Å². The van der Waals surface area contributed by atoms with Crippen molar-refractivity contribution >= 4 is 15.7 Å². The quantitative estimate of drug-likeness (QED) is 0.770. The van der Waals surface area contributed by atoms with E-state index < -0.39 is 10.0 Å². The predicted molar refractivity (Wildman–Crippen MR) is 66.5 cm³/mol. The monoisotopic (exact) mass is 267 g/mol. The van der Waals surface area contributed by atoms with E-state index in [0.29, 0.717) is 5.69 Å². The van der Waals surface area contributed by atoms with Crippen molar-refractivity contribution in [2.75, 3.05) is 4.72 Å². The van der Waals surface area contributed by atoms with E-state index in [2.05, 4.69) is 14.9 Å². The normalized spacial score (nSPS) is 11.4. The fourth-order valence-electron chi connectivity index (χ4n) is 1.47. The topological polar surface area (TPSA) is 95.1 Å². The second-order valence-corrected chi connectivity index (χ2v) is 5.47. The SMILES string of the molecule is Cc1ccc(NS(=O)(=O)c2[nH]ncc2CO)cc1. The maximum Gasteiger partial charge on any atom is 0.279 e. The van der Waals surface area contributed by atoms with Crippen molar-refractivity contribution in [1.29, 1.82) is 0 Å². The van der Waals surface area contributed by atoms with Crippen molar-refractivity contribution in [3.63, 3.8) is 0 Å². The molecule has 1 aromatic heterocycles. The van der Waals surface area contributed by atoms with Gasteiger partial charge in [-0.2, -0.15) is 13.5 Å². The minimum atomic E-state index is -3.75. The molecule has 3 N–H and O–H groups in total. The van der Waals surface area contributed by atoms with Crippen LogP contribution in [0.15, 0.2) is 35.5 Å². The van der Waals surface area contributed by atoms with Crippen molar-refractivity contribution in [2.45, 2.75) is 18.6 Å². The van der Waals surface area contributed by atoms with E-state index in [0.717, 1.165) is 5.56 Å². The van der Waals surface area contributed by atoms with Crippen molar-refractivity contribution in [1.82, 2.24) is 10.2 Å². The first-order chi connectivity index (χ1) is 8.53. The molecular weight excluding hydrogens is 254 g/mol. The largest absolute Gasteiger partial charge is 0.392 e. The van der Waals surface area contributed by atoms with E-state index >= 15 is 0 Å². The Balaban J connectivity index is 2.30. The molecule has 0 aliphatic heterocycles. The summed E-state index contributed by atoms with van der Waals surface area (Å²) in [6, 6.07) is 6.94. The van der Waals surface area contributed by atoms with Crippen molar-refractivity contribution in [2.24, 2.45) is 0 Å². The molecule has 1 aromatic carbocycles. The third-order valence-corrected chi connectivity index (χ3v) is 3.82. The summed E-state index contributed by atoms with van der Waals surface area (Å²) in [6.07, 6.45) is 1.28. The van der Waals surface area contributed by atoms with Crippen LogP contribution in [0, 0.1) is 6.92 Å². The molecular formula is C11H13N3O3S.